The summed E-state index contributed by atoms with van der Waals surface area (Å²) in [5.74, 6) is 5.36. The molecule has 0 aromatic heterocycles. The molecule has 0 aromatic carbocycles. The Labute approximate surface area is 179 Å². The van der Waals surface area contributed by atoms with Gasteiger partial charge in [0.15, 0.2) is 0 Å². The first kappa shape index (κ1) is 21.6. The summed E-state index contributed by atoms with van der Waals surface area (Å²) in [5, 5.41) is 0. The lowest BCUT2D eigenvalue weighted by atomic mass is 9.47. The topological polar surface area (TPSA) is 29.4 Å². The Balaban J connectivity index is 1.54. The summed E-state index contributed by atoms with van der Waals surface area (Å²) < 4.78 is 0. The number of aliphatic imine (C=N–C) groups is 1. The standard InChI is InChI=1S/C27H45NO/c1-17(2)8-7-9-18(3)21-10-11-22-25-19(4)28-24-16-20(29)12-14-27(24,6)23(25)13-15-26(21,22)5/h17-19,21-23,25H,7-16H2,1-6H3/t18-,19?,21-,22+,23+,25+,26-,27-/m1/s1. The Kier molecular flexibility index (Phi) is 5.79. The third-order valence-electron chi connectivity index (χ3n) is 10.2. The number of rotatable bonds is 5. The van der Waals surface area contributed by atoms with E-state index < -0.39 is 0 Å². The number of Topliss-reactive ketones (excluding diaryl/α,β-unsaturated/α-hetero) is 1. The second-order valence-corrected chi connectivity index (χ2v) is 12.3. The minimum Gasteiger partial charge on any atom is -0.299 e. The molecule has 3 saturated carbocycles. The highest BCUT2D eigenvalue weighted by Gasteiger charge is 2.61. The van der Waals surface area contributed by atoms with Crippen LogP contribution in [0, 0.1) is 46.3 Å². The van der Waals surface area contributed by atoms with Gasteiger partial charge in [0.25, 0.3) is 0 Å². The van der Waals surface area contributed by atoms with Crippen LogP contribution in [0.1, 0.15) is 106 Å². The summed E-state index contributed by atoms with van der Waals surface area (Å²) in [7, 11) is 0. The predicted molar refractivity (Wildman–Crippen MR) is 122 cm³/mol. The van der Waals surface area contributed by atoms with Crippen LogP contribution in [0.3, 0.4) is 0 Å². The van der Waals surface area contributed by atoms with Gasteiger partial charge >= 0.3 is 0 Å². The molecular weight excluding hydrogens is 354 g/mol. The third kappa shape index (κ3) is 3.55. The molecule has 0 bridgehead atoms. The fourth-order valence-electron chi connectivity index (χ4n) is 8.58. The van der Waals surface area contributed by atoms with E-state index in [-0.39, 0.29) is 5.41 Å². The molecule has 29 heavy (non-hydrogen) atoms. The lowest BCUT2D eigenvalue weighted by Gasteiger charge is -2.58. The normalized spacial score (nSPS) is 45.4. The van der Waals surface area contributed by atoms with Crippen molar-refractivity contribution in [3.8, 4) is 0 Å². The molecule has 3 fully saturated rings. The maximum Gasteiger partial charge on any atom is 0.138 e. The molecule has 0 amide bonds. The minimum absolute atomic E-state index is 0.202. The van der Waals surface area contributed by atoms with E-state index >= 15 is 0 Å². The predicted octanol–water partition coefficient (Wildman–Crippen LogP) is 7.11. The first-order chi connectivity index (χ1) is 13.7. The van der Waals surface area contributed by atoms with Crippen molar-refractivity contribution in [2.75, 3.05) is 0 Å². The molecule has 1 unspecified atom stereocenters. The quantitative estimate of drug-likeness (QED) is 0.484. The Bertz CT molecular complexity index is 665. The second-order valence-electron chi connectivity index (χ2n) is 12.3. The number of ketones is 1. The molecule has 164 valence electrons. The van der Waals surface area contributed by atoms with Gasteiger partial charge < -0.3 is 0 Å². The third-order valence-corrected chi connectivity index (χ3v) is 10.2. The van der Waals surface area contributed by atoms with Gasteiger partial charge in [0.2, 0.25) is 0 Å². The van der Waals surface area contributed by atoms with Gasteiger partial charge in [-0.05, 0) is 80.0 Å². The number of fused-ring (bicyclic) bond motifs is 5. The van der Waals surface area contributed by atoms with Gasteiger partial charge in [0.05, 0.1) is 6.04 Å². The Morgan fingerprint density at radius 1 is 1.03 bits per heavy atom. The summed E-state index contributed by atoms with van der Waals surface area (Å²) in [6, 6.07) is 0.411. The fraction of sp³-hybridized carbons (Fsp3) is 0.926. The molecule has 2 nitrogen and oxygen atoms in total. The van der Waals surface area contributed by atoms with Crippen LogP contribution < -0.4 is 0 Å². The molecule has 0 N–H and O–H groups in total. The van der Waals surface area contributed by atoms with E-state index in [1.165, 1.54) is 50.7 Å². The zero-order valence-corrected chi connectivity index (χ0v) is 20.0. The Hall–Kier alpha value is -0.660. The van der Waals surface area contributed by atoms with E-state index in [0.717, 1.165) is 48.3 Å². The highest BCUT2D eigenvalue weighted by molar-refractivity contribution is 6.07. The molecule has 3 aliphatic carbocycles. The van der Waals surface area contributed by atoms with Gasteiger partial charge in [0.1, 0.15) is 5.78 Å². The smallest absolute Gasteiger partial charge is 0.138 e. The van der Waals surface area contributed by atoms with Crippen molar-refractivity contribution in [2.45, 2.75) is 112 Å². The van der Waals surface area contributed by atoms with Gasteiger partial charge in [-0.3, -0.25) is 9.79 Å². The highest BCUT2D eigenvalue weighted by Crippen LogP contribution is 2.66. The first-order valence-electron chi connectivity index (χ1n) is 12.8. The van der Waals surface area contributed by atoms with Crippen LogP contribution in [0.15, 0.2) is 4.99 Å². The summed E-state index contributed by atoms with van der Waals surface area (Å²) in [5.41, 5.74) is 1.98. The van der Waals surface area contributed by atoms with Gasteiger partial charge in [-0.15, -0.1) is 0 Å². The average Bonchev–Trinajstić information content (AvgIpc) is 3.00. The van der Waals surface area contributed by atoms with Gasteiger partial charge in [-0.1, -0.05) is 53.9 Å². The lowest BCUT2D eigenvalue weighted by molar-refractivity contribution is -0.120. The summed E-state index contributed by atoms with van der Waals surface area (Å²) >= 11 is 0. The molecule has 8 atom stereocenters. The first-order valence-corrected chi connectivity index (χ1v) is 12.8. The molecular formula is C27H45NO. The number of hydrogen-bond acceptors (Lipinski definition) is 2. The van der Waals surface area contributed by atoms with Gasteiger partial charge in [-0.25, -0.2) is 0 Å². The van der Waals surface area contributed by atoms with Crippen molar-refractivity contribution in [2.24, 2.45) is 51.3 Å². The largest absolute Gasteiger partial charge is 0.299 e. The highest BCUT2D eigenvalue weighted by atomic mass is 16.1. The van der Waals surface area contributed by atoms with E-state index in [1.54, 1.807) is 0 Å². The van der Waals surface area contributed by atoms with Crippen LogP contribution >= 0.6 is 0 Å². The summed E-state index contributed by atoms with van der Waals surface area (Å²) in [6.45, 7) is 14.8. The van der Waals surface area contributed by atoms with Crippen molar-refractivity contribution in [3.05, 3.63) is 0 Å². The van der Waals surface area contributed by atoms with Crippen LogP contribution in [0.25, 0.3) is 0 Å². The molecule has 2 heteroatoms. The van der Waals surface area contributed by atoms with Crippen LogP contribution in [0.2, 0.25) is 0 Å². The summed E-state index contributed by atoms with van der Waals surface area (Å²) in [4.78, 5) is 17.4. The molecule has 0 spiro atoms. The molecule has 4 aliphatic rings. The molecule has 1 heterocycles. The van der Waals surface area contributed by atoms with Gasteiger partial charge in [-0.2, -0.15) is 0 Å². The maximum absolute atomic E-state index is 12.1. The Morgan fingerprint density at radius 2 is 1.79 bits per heavy atom. The van der Waals surface area contributed by atoms with E-state index in [1.807, 2.05) is 0 Å². The molecule has 0 radical (unpaired) electrons. The van der Waals surface area contributed by atoms with Crippen LogP contribution in [-0.4, -0.2) is 17.5 Å². The summed E-state index contributed by atoms with van der Waals surface area (Å²) in [6.07, 6.45) is 12.3. The van der Waals surface area contributed by atoms with E-state index in [9.17, 15) is 4.79 Å². The van der Waals surface area contributed by atoms with Crippen LogP contribution in [-0.2, 0) is 4.79 Å². The number of hydrogen-bond donors (Lipinski definition) is 0. The second kappa shape index (κ2) is 7.79. The van der Waals surface area contributed by atoms with Crippen molar-refractivity contribution in [1.29, 1.82) is 0 Å². The zero-order valence-electron chi connectivity index (χ0n) is 20.0. The average molecular weight is 400 g/mol. The van der Waals surface area contributed by atoms with Crippen molar-refractivity contribution >= 4 is 11.5 Å². The molecule has 0 aromatic rings. The fourth-order valence-corrected chi connectivity index (χ4v) is 8.58. The van der Waals surface area contributed by atoms with Crippen molar-refractivity contribution in [3.63, 3.8) is 0 Å². The zero-order chi connectivity index (χ0) is 21.0. The molecule has 0 saturated heterocycles. The number of carbonyl (C=O) groups excluding carboxylic acids is 1. The maximum atomic E-state index is 12.1. The monoisotopic (exact) mass is 399 g/mol. The lowest BCUT2D eigenvalue weighted by Crippen LogP contribution is -2.56. The van der Waals surface area contributed by atoms with Crippen LogP contribution in [0.4, 0.5) is 0 Å². The van der Waals surface area contributed by atoms with Crippen LogP contribution in [0.5, 0.6) is 0 Å². The Morgan fingerprint density at radius 3 is 2.52 bits per heavy atom. The van der Waals surface area contributed by atoms with Gasteiger partial charge in [0, 0.05) is 24.0 Å². The van der Waals surface area contributed by atoms with E-state index in [0.29, 0.717) is 23.7 Å². The number of nitrogens with zero attached hydrogens (tertiary/aromatic N) is 1. The number of carbonyl (C=O) groups is 1. The van der Waals surface area contributed by atoms with E-state index in [2.05, 4.69) is 41.5 Å². The van der Waals surface area contributed by atoms with Crippen molar-refractivity contribution < 1.29 is 4.79 Å². The molecule has 1 aliphatic heterocycles. The van der Waals surface area contributed by atoms with Crippen molar-refractivity contribution in [1.82, 2.24) is 0 Å². The SMILES string of the molecule is CC(C)CCC[C@@H](C)[C@H]1CC[C@H]2[C@@H]3C(C)N=C4CC(=O)CC[C@]4(C)[C@H]3CC[C@]12C. The molecule has 4 rings (SSSR count). The van der Waals surface area contributed by atoms with E-state index in [4.69, 9.17) is 4.99 Å². The minimum atomic E-state index is 0.202.